The van der Waals surface area contributed by atoms with Crippen molar-refractivity contribution in [3.63, 3.8) is 0 Å². The average molecular weight is 301 g/mol. The van der Waals surface area contributed by atoms with E-state index in [0.717, 1.165) is 0 Å². The highest BCUT2D eigenvalue weighted by Crippen LogP contribution is 2.63. The van der Waals surface area contributed by atoms with E-state index in [1.54, 1.807) is 6.92 Å². The van der Waals surface area contributed by atoms with Crippen LogP contribution < -0.4 is 10.9 Å². The maximum atomic E-state index is 12.0. The van der Waals surface area contributed by atoms with Gasteiger partial charge in [-0.2, -0.15) is 0 Å². The lowest BCUT2D eigenvalue weighted by molar-refractivity contribution is -0.125. The minimum absolute atomic E-state index is 0.288. The van der Waals surface area contributed by atoms with Crippen LogP contribution in [0, 0.1) is 5.41 Å². The highest BCUT2D eigenvalue weighted by Gasteiger charge is 2.68. The molecule has 100 valence electrons. The van der Waals surface area contributed by atoms with E-state index in [0.29, 0.717) is 23.4 Å². The molecular formula is C10H10Cl2N6O. The molecule has 1 aliphatic carbocycles. The number of nitrogens with zero attached hydrogens (tertiary/aromatic N) is 3. The van der Waals surface area contributed by atoms with Gasteiger partial charge in [0.15, 0.2) is 11.5 Å². The van der Waals surface area contributed by atoms with Gasteiger partial charge in [-0.1, -0.05) is 0 Å². The first-order chi connectivity index (χ1) is 8.94. The van der Waals surface area contributed by atoms with Gasteiger partial charge < -0.3 is 4.98 Å². The molecule has 1 fully saturated rings. The number of rotatable bonds is 3. The minimum Gasteiger partial charge on any atom is -0.340 e. The molecule has 0 aromatic carbocycles. The van der Waals surface area contributed by atoms with Crippen molar-refractivity contribution in [2.24, 2.45) is 5.41 Å². The molecule has 7 nitrogen and oxygen atoms in total. The fraction of sp³-hybridized carbons (Fsp3) is 0.400. The first-order valence-electron chi connectivity index (χ1n) is 5.52. The maximum absolute atomic E-state index is 12.0. The van der Waals surface area contributed by atoms with Crippen LogP contribution in [0.25, 0.3) is 11.2 Å². The number of aromatic nitrogens is 4. The molecule has 0 radical (unpaired) electrons. The zero-order chi connectivity index (χ0) is 13.7. The fourth-order valence-corrected chi connectivity index (χ4v) is 2.47. The van der Waals surface area contributed by atoms with Crippen LogP contribution in [0.15, 0.2) is 12.7 Å². The average Bonchev–Trinajstić information content (AvgIpc) is 2.77. The summed E-state index contributed by atoms with van der Waals surface area (Å²) in [6.07, 6.45) is 3.26. The van der Waals surface area contributed by atoms with Crippen molar-refractivity contribution in [2.45, 2.75) is 17.7 Å². The number of imidazole rings is 1. The van der Waals surface area contributed by atoms with E-state index in [-0.39, 0.29) is 5.91 Å². The molecule has 0 spiro atoms. The van der Waals surface area contributed by atoms with Crippen LogP contribution in [0.3, 0.4) is 0 Å². The van der Waals surface area contributed by atoms with Gasteiger partial charge in [-0.3, -0.25) is 15.6 Å². The molecule has 19 heavy (non-hydrogen) atoms. The number of amides is 1. The highest BCUT2D eigenvalue weighted by atomic mass is 35.5. The van der Waals surface area contributed by atoms with Gasteiger partial charge >= 0.3 is 0 Å². The van der Waals surface area contributed by atoms with E-state index in [9.17, 15) is 4.79 Å². The zero-order valence-electron chi connectivity index (χ0n) is 9.87. The second-order valence-electron chi connectivity index (χ2n) is 4.62. The van der Waals surface area contributed by atoms with Crippen molar-refractivity contribution in [1.82, 2.24) is 25.4 Å². The van der Waals surface area contributed by atoms with Crippen LogP contribution in [-0.4, -0.2) is 30.2 Å². The Labute approximate surface area is 118 Å². The normalized spacial score (nSPS) is 24.2. The topological polar surface area (TPSA) is 95.6 Å². The number of nitrogens with one attached hydrogen (secondary N) is 3. The summed E-state index contributed by atoms with van der Waals surface area (Å²) in [5.41, 5.74) is 5.58. The number of hydrazine groups is 1. The minimum atomic E-state index is -1.01. The van der Waals surface area contributed by atoms with Crippen molar-refractivity contribution < 1.29 is 4.79 Å². The van der Waals surface area contributed by atoms with Crippen molar-refractivity contribution >= 4 is 46.1 Å². The molecular weight excluding hydrogens is 291 g/mol. The number of carbonyl (C=O) groups is 1. The summed E-state index contributed by atoms with van der Waals surface area (Å²) in [5, 5.41) is 0. The molecule has 2 heterocycles. The van der Waals surface area contributed by atoms with Gasteiger partial charge in [0.05, 0.1) is 11.7 Å². The Hall–Kier alpha value is -1.60. The molecule has 0 bridgehead atoms. The van der Waals surface area contributed by atoms with Gasteiger partial charge in [-0.15, -0.1) is 23.2 Å². The Morgan fingerprint density at radius 3 is 2.84 bits per heavy atom. The summed E-state index contributed by atoms with van der Waals surface area (Å²) in [7, 11) is 0. The van der Waals surface area contributed by atoms with Crippen molar-refractivity contribution in [3.8, 4) is 0 Å². The number of halogens is 2. The number of alkyl halides is 2. The van der Waals surface area contributed by atoms with Crippen LogP contribution in [0.4, 0.5) is 5.82 Å². The number of H-pyrrole nitrogens is 1. The molecule has 1 atom stereocenters. The largest absolute Gasteiger partial charge is 0.340 e. The number of aromatic amines is 1. The first-order valence-corrected chi connectivity index (χ1v) is 6.28. The van der Waals surface area contributed by atoms with Crippen LogP contribution >= 0.6 is 23.2 Å². The lowest BCUT2D eigenvalue weighted by Gasteiger charge is -2.13. The predicted molar refractivity (Wildman–Crippen MR) is 70.6 cm³/mol. The number of carbonyl (C=O) groups excluding carboxylic acids is 1. The third kappa shape index (κ3) is 1.89. The molecule has 1 amide bonds. The quantitative estimate of drug-likeness (QED) is 0.588. The Kier molecular flexibility index (Phi) is 2.58. The van der Waals surface area contributed by atoms with Gasteiger partial charge in [0, 0.05) is 0 Å². The standard InChI is InChI=1S/C10H10Cl2N6O/c1-9(2-10(9,11)12)8(19)18-17-7-5-6(14-3-13-5)15-4-16-7/h3-4H,2H2,1H3,(H,18,19)(H2,13,14,15,16,17). The monoisotopic (exact) mass is 300 g/mol. The highest BCUT2D eigenvalue weighted by molar-refractivity contribution is 6.53. The zero-order valence-corrected chi connectivity index (χ0v) is 11.4. The van der Waals surface area contributed by atoms with E-state index in [4.69, 9.17) is 23.2 Å². The Balaban J connectivity index is 1.74. The maximum Gasteiger partial charge on any atom is 0.247 e. The smallest absolute Gasteiger partial charge is 0.247 e. The van der Waals surface area contributed by atoms with Gasteiger partial charge in [0.1, 0.15) is 16.2 Å². The van der Waals surface area contributed by atoms with Crippen LogP contribution in [0.5, 0.6) is 0 Å². The molecule has 1 unspecified atom stereocenters. The molecule has 2 aromatic rings. The van der Waals surface area contributed by atoms with Gasteiger partial charge in [0.2, 0.25) is 5.91 Å². The van der Waals surface area contributed by atoms with E-state index >= 15 is 0 Å². The number of anilines is 1. The SMILES string of the molecule is CC1(C(=O)NNc2ncnc3nc[nH]c23)CC1(Cl)Cl. The summed E-state index contributed by atoms with van der Waals surface area (Å²) in [6, 6.07) is 0. The molecule has 1 saturated carbocycles. The van der Waals surface area contributed by atoms with E-state index in [1.165, 1.54) is 12.7 Å². The Morgan fingerprint density at radius 2 is 2.16 bits per heavy atom. The van der Waals surface area contributed by atoms with Crippen LogP contribution in [0.1, 0.15) is 13.3 Å². The molecule has 3 rings (SSSR count). The second kappa shape index (κ2) is 3.94. The lowest BCUT2D eigenvalue weighted by Crippen LogP contribution is -2.37. The summed E-state index contributed by atoms with van der Waals surface area (Å²) in [6.45, 7) is 1.70. The molecule has 1 aliphatic rings. The number of fused-ring (bicyclic) bond motifs is 1. The van der Waals surface area contributed by atoms with Crippen molar-refractivity contribution in [2.75, 3.05) is 5.43 Å². The fourth-order valence-electron chi connectivity index (χ4n) is 1.76. The van der Waals surface area contributed by atoms with Gasteiger partial charge in [0.25, 0.3) is 0 Å². The number of hydrogen-bond donors (Lipinski definition) is 3. The summed E-state index contributed by atoms with van der Waals surface area (Å²) >= 11 is 11.9. The summed E-state index contributed by atoms with van der Waals surface area (Å²) in [5.74, 6) is 0.138. The number of hydrogen-bond acceptors (Lipinski definition) is 5. The third-order valence-electron chi connectivity index (χ3n) is 3.28. The Morgan fingerprint density at radius 1 is 1.42 bits per heavy atom. The molecule has 9 heteroatoms. The van der Waals surface area contributed by atoms with E-state index < -0.39 is 9.75 Å². The van der Waals surface area contributed by atoms with Crippen molar-refractivity contribution in [3.05, 3.63) is 12.7 Å². The van der Waals surface area contributed by atoms with Gasteiger partial charge in [-0.05, 0) is 13.3 Å². The lowest BCUT2D eigenvalue weighted by atomic mass is 10.1. The molecule has 0 aliphatic heterocycles. The third-order valence-corrected chi connectivity index (χ3v) is 4.38. The Bertz CT molecular complexity index is 656. The summed E-state index contributed by atoms with van der Waals surface area (Å²) in [4.78, 5) is 26.8. The van der Waals surface area contributed by atoms with E-state index in [2.05, 4.69) is 30.8 Å². The second-order valence-corrected chi connectivity index (χ2v) is 6.10. The summed E-state index contributed by atoms with van der Waals surface area (Å²) < 4.78 is -1.01. The van der Waals surface area contributed by atoms with Gasteiger partial charge in [-0.25, -0.2) is 15.0 Å². The molecule has 2 aromatic heterocycles. The molecule has 0 saturated heterocycles. The molecule has 3 N–H and O–H groups in total. The predicted octanol–water partition coefficient (Wildman–Crippen LogP) is 1.38. The van der Waals surface area contributed by atoms with Crippen LogP contribution in [-0.2, 0) is 4.79 Å². The van der Waals surface area contributed by atoms with Crippen LogP contribution in [0.2, 0.25) is 0 Å². The van der Waals surface area contributed by atoms with Crippen molar-refractivity contribution in [1.29, 1.82) is 0 Å². The first kappa shape index (κ1) is 12.4. The van der Waals surface area contributed by atoms with E-state index in [1.807, 2.05) is 0 Å².